The van der Waals surface area contributed by atoms with Crippen LogP contribution in [0.1, 0.15) is 27.8 Å². The summed E-state index contributed by atoms with van der Waals surface area (Å²) in [7, 11) is 6.72. The Morgan fingerprint density at radius 1 is 0.596 bits per heavy atom. The van der Waals surface area contributed by atoms with E-state index in [0.717, 1.165) is 83.2 Å². The highest BCUT2D eigenvalue weighted by Gasteiger charge is 2.25. The number of benzene rings is 6. The van der Waals surface area contributed by atoms with E-state index in [2.05, 4.69) is 51.4 Å². The number of benzodiazepines with no additional fused rings is 2. The number of amides is 2. The molecule has 0 saturated carbocycles. The number of aliphatic imine (C=N–C) groups is 2. The minimum atomic E-state index is -0.141. The van der Waals surface area contributed by atoms with Gasteiger partial charge < -0.3 is 24.4 Å². The van der Waals surface area contributed by atoms with Crippen molar-refractivity contribution in [2.24, 2.45) is 9.98 Å². The van der Waals surface area contributed by atoms with Gasteiger partial charge in [-0.15, -0.1) is 0 Å². The van der Waals surface area contributed by atoms with Crippen molar-refractivity contribution in [1.29, 1.82) is 0 Å². The van der Waals surface area contributed by atoms with Crippen molar-refractivity contribution in [1.82, 2.24) is 0 Å². The summed E-state index contributed by atoms with van der Waals surface area (Å²) in [4.78, 5) is 35.7. The van der Waals surface area contributed by atoms with Gasteiger partial charge in [-0.1, -0.05) is 94.3 Å². The number of halogens is 1. The predicted octanol–water partition coefficient (Wildman–Crippen LogP) is 9.41. The Hall–Kier alpha value is -6.52. The van der Waals surface area contributed by atoms with Crippen molar-refractivity contribution in [2.75, 3.05) is 51.7 Å². The number of methoxy groups -OCH3 is 3. The minimum Gasteiger partial charge on any atom is -0.496 e. The zero-order chi connectivity index (χ0) is 40.1. The fraction of sp³-hybridized carbons (Fsp3) is 0.149. The summed E-state index contributed by atoms with van der Waals surface area (Å²) in [6, 6.07) is 41.8. The van der Waals surface area contributed by atoms with E-state index in [1.165, 1.54) is 0 Å². The van der Waals surface area contributed by atoms with Gasteiger partial charge in [0.25, 0.3) is 0 Å². The zero-order valence-electron chi connectivity index (χ0n) is 32.3. The maximum atomic E-state index is 12.6. The summed E-state index contributed by atoms with van der Waals surface area (Å²) >= 11 is 3.46. The van der Waals surface area contributed by atoms with Crippen LogP contribution >= 0.6 is 15.9 Å². The van der Waals surface area contributed by atoms with Crippen molar-refractivity contribution in [2.45, 2.75) is 6.92 Å². The molecule has 0 radical (unpaired) electrons. The van der Waals surface area contributed by atoms with Gasteiger partial charge in [-0.2, -0.15) is 0 Å². The Morgan fingerprint density at radius 2 is 1.23 bits per heavy atom. The molecule has 9 nitrogen and oxygen atoms in total. The molecule has 286 valence electrons. The lowest BCUT2D eigenvalue weighted by Gasteiger charge is -2.20. The molecule has 0 atom stereocenters. The number of likely N-dealkylation sites (N-methyl/N-ethyl adjacent to an activating group) is 1. The molecule has 0 unspecified atom stereocenters. The largest absolute Gasteiger partial charge is 0.496 e. The van der Waals surface area contributed by atoms with Gasteiger partial charge in [0.15, 0.2) is 0 Å². The highest BCUT2D eigenvalue weighted by molar-refractivity contribution is 9.10. The van der Waals surface area contributed by atoms with Crippen LogP contribution in [0.5, 0.6) is 17.2 Å². The second-order valence-corrected chi connectivity index (χ2v) is 14.4. The van der Waals surface area contributed by atoms with E-state index in [0.29, 0.717) is 11.4 Å². The van der Waals surface area contributed by atoms with Crippen molar-refractivity contribution >= 4 is 50.5 Å². The molecule has 2 heterocycles. The number of fused-ring (bicyclic) bond motifs is 2. The first-order valence-corrected chi connectivity index (χ1v) is 19.1. The lowest BCUT2D eigenvalue weighted by Crippen LogP contribution is -2.27. The van der Waals surface area contributed by atoms with Gasteiger partial charge in [0.1, 0.15) is 30.3 Å². The SMILES string of the molecule is COc1cc2c(cc1-c1ccccc1)C(c1ccc(Br)cc1)=NCC(=O)N2.COc1cccc(OC)c1-c1ccc2c(c1)C(c1cccc(C)c1)=NCC(=O)N2C. The lowest BCUT2D eigenvalue weighted by molar-refractivity contribution is -0.117. The molecule has 8 rings (SSSR count). The van der Waals surface area contributed by atoms with Crippen molar-refractivity contribution in [3.05, 3.63) is 160 Å². The van der Waals surface area contributed by atoms with Gasteiger partial charge in [0.05, 0.1) is 49.7 Å². The molecule has 0 saturated heterocycles. The number of ether oxygens (including phenoxy) is 3. The van der Waals surface area contributed by atoms with Crippen LogP contribution in [-0.2, 0) is 9.59 Å². The van der Waals surface area contributed by atoms with E-state index in [1.807, 2.05) is 109 Å². The summed E-state index contributed by atoms with van der Waals surface area (Å²) < 4.78 is 17.8. The molecule has 0 aliphatic carbocycles. The first-order chi connectivity index (χ1) is 27.7. The van der Waals surface area contributed by atoms with Crippen molar-refractivity contribution < 1.29 is 23.8 Å². The van der Waals surface area contributed by atoms with Crippen molar-refractivity contribution in [3.63, 3.8) is 0 Å². The Balaban J connectivity index is 0.000000175. The van der Waals surface area contributed by atoms with Crippen LogP contribution in [0.25, 0.3) is 22.3 Å². The number of aryl methyl sites for hydroxylation is 1. The first-order valence-electron chi connectivity index (χ1n) is 18.3. The summed E-state index contributed by atoms with van der Waals surface area (Å²) in [5.74, 6) is 1.97. The number of nitrogens with one attached hydrogen (secondary N) is 1. The maximum absolute atomic E-state index is 12.6. The molecule has 57 heavy (non-hydrogen) atoms. The van der Waals surface area contributed by atoms with Gasteiger partial charge in [0.2, 0.25) is 11.8 Å². The summed E-state index contributed by atoms with van der Waals surface area (Å²) in [6.45, 7) is 2.25. The molecule has 2 amide bonds. The normalized spacial score (nSPS) is 13.3. The summed E-state index contributed by atoms with van der Waals surface area (Å²) in [5.41, 5.74) is 11.8. The number of carbonyl (C=O) groups excluding carboxylic acids is 2. The fourth-order valence-electron chi connectivity index (χ4n) is 6.99. The van der Waals surface area contributed by atoms with E-state index in [1.54, 1.807) is 33.3 Å². The van der Waals surface area contributed by atoms with Crippen LogP contribution in [0.2, 0.25) is 0 Å². The topological polar surface area (TPSA) is 102 Å². The monoisotopic (exact) mass is 820 g/mol. The van der Waals surface area contributed by atoms with Gasteiger partial charge >= 0.3 is 0 Å². The first kappa shape index (κ1) is 38.7. The summed E-state index contributed by atoms with van der Waals surface area (Å²) in [6.07, 6.45) is 0. The van der Waals surface area contributed by atoms with Crippen molar-refractivity contribution in [3.8, 4) is 39.5 Å². The molecule has 1 N–H and O–H groups in total. The van der Waals surface area contributed by atoms with Gasteiger partial charge in [0, 0.05) is 45.4 Å². The molecule has 0 fully saturated rings. The molecule has 0 bridgehead atoms. The van der Waals surface area contributed by atoms with E-state index in [4.69, 9.17) is 19.2 Å². The molecule has 2 aliphatic heterocycles. The Morgan fingerprint density at radius 3 is 1.91 bits per heavy atom. The lowest BCUT2D eigenvalue weighted by atomic mass is 9.94. The van der Waals surface area contributed by atoms with Gasteiger partial charge in [-0.25, -0.2) is 0 Å². The van der Waals surface area contributed by atoms with Gasteiger partial charge in [-0.3, -0.25) is 19.6 Å². The number of rotatable bonds is 7. The molecule has 6 aromatic rings. The van der Waals surface area contributed by atoms with E-state index in [-0.39, 0.29) is 24.9 Å². The molecular weight excluding hydrogens is 780 g/mol. The third kappa shape index (κ3) is 8.22. The average molecular weight is 822 g/mol. The number of hydrogen-bond donors (Lipinski definition) is 1. The number of carbonyl (C=O) groups is 2. The number of nitrogens with zero attached hydrogens (tertiary/aromatic N) is 3. The van der Waals surface area contributed by atoms with E-state index >= 15 is 0 Å². The fourth-order valence-corrected chi connectivity index (χ4v) is 7.26. The number of hydrogen-bond acceptors (Lipinski definition) is 7. The van der Waals surface area contributed by atoms with Crippen LogP contribution in [-0.4, -0.2) is 64.7 Å². The molecule has 0 aromatic heterocycles. The average Bonchev–Trinajstić information content (AvgIpc) is 3.48. The smallest absolute Gasteiger partial charge is 0.248 e. The van der Waals surface area contributed by atoms with Gasteiger partial charge in [-0.05, 0) is 66.6 Å². The molecule has 6 aromatic carbocycles. The highest BCUT2D eigenvalue weighted by atomic mass is 79.9. The van der Waals surface area contributed by atoms with Crippen LogP contribution < -0.4 is 24.4 Å². The third-order valence-electron chi connectivity index (χ3n) is 9.82. The number of anilines is 2. The van der Waals surface area contributed by atoms with Crippen LogP contribution in [0.3, 0.4) is 0 Å². The van der Waals surface area contributed by atoms with Crippen LogP contribution in [0.4, 0.5) is 11.4 Å². The van der Waals surface area contributed by atoms with Crippen LogP contribution in [0, 0.1) is 6.92 Å². The van der Waals surface area contributed by atoms with E-state index < -0.39 is 0 Å². The quantitative estimate of drug-likeness (QED) is 0.173. The molecule has 10 heteroatoms. The second kappa shape index (κ2) is 17.1. The molecule has 2 aliphatic rings. The van der Waals surface area contributed by atoms with Crippen LogP contribution in [0.15, 0.2) is 142 Å². The molecular formula is C47H41BrN4O5. The van der Waals surface area contributed by atoms with E-state index in [9.17, 15) is 9.59 Å². The predicted molar refractivity (Wildman–Crippen MR) is 232 cm³/mol. The maximum Gasteiger partial charge on any atom is 0.248 e. The Labute approximate surface area is 340 Å². The highest BCUT2D eigenvalue weighted by Crippen LogP contribution is 2.41. The summed E-state index contributed by atoms with van der Waals surface area (Å²) in [5, 5.41) is 2.94. The second-order valence-electron chi connectivity index (χ2n) is 13.4. The minimum absolute atomic E-state index is 0.0403. The Bertz CT molecular complexity index is 2510. The Kier molecular flexibility index (Phi) is 11.6. The molecule has 0 spiro atoms. The third-order valence-corrected chi connectivity index (χ3v) is 10.3. The standard InChI is InChI=1S/C25H24N2O3.C22H17BrN2O2/c1-16-7-5-8-18(13-16)25-19-14-17(11-12-20(19)27(2)23(28)15-26-25)24-21(29-3)9-6-10-22(24)30-4;1-27-20-12-19-18(11-17(20)14-5-3-2-4-6-14)22(24-13-21(26)25-19)15-7-9-16(23)10-8-15/h5-14H,15H2,1-4H3;2-12H,13H2,1H3,(H,25,26). The zero-order valence-corrected chi connectivity index (χ0v) is 33.9.